The fraction of sp³-hybridized carbons (Fsp3) is 0.533. The van der Waals surface area contributed by atoms with Crippen LogP contribution in [0.15, 0.2) is 23.1 Å². The van der Waals surface area contributed by atoms with E-state index < -0.39 is 15.9 Å². The molecule has 130 valence electrons. The number of hydrogen-bond donors (Lipinski definition) is 2. The number of benzene rings is 1. The van der Waals surface area contributed by atoms with E-state index in [9.17, 15) is 13.2 Å². The zero-order valence-corrected chi connectivity index (χ0v) is 15.0. The van der Waals surface area contributed by atoms with Crippen molar-refractivity contribution in [2.75, 3.05) is 19.6 Å². The molecule has 1 saturated heterocycles. The summed E-state index contributed by atoms with van der Waals surface area (Å²) in [6.07, 6.45) is 1.54. The van der Waals surface area contributed by atoms with Gasteiger partial charge in [-0.2, -0.15) is 4.31 Å². The smallest absolute Gasteiger partial charge is 0.249 e. The van der Waals surface area contributed by atoms with Crippen LogP contribution in [0.3, 0.4) is 0 Å². The molecule has 0 aliphatic carbocycles. The second-order valence-corrected chi connectivity index (χ2v) is 7.49. The van der Waals surface area contributed by atoms with Gasteiger partial charge in [0, 0.05) is 24.7 Å². The zero-order chi connectivity index (χ0) is 16.3. The number of amides is 1. The van der Waals surface area contributed by atoms with Crippen LogP contribution in [0, 0.1) is 6.92 Å². The quantitative estimate of drug-likeness (QED) is 0.798. The summed E-state index contributed by atoms with van der Waals surface area (Å²) in [5.74, 6) is -0.612. The van der Waals surface area contributed by atoms with Crippen LogP contribution in [0.25, 0.3) is 0 Å². The van der Waals surface area contributed by atoms with Gasteiger partial charge in [-0.1, -0.05) is 13.0 Å². The fourth-order valence-corrected chi connectivity index (χ4v) is 4.54. The van der Waals surface area contributed by atoms with Crippen LogP contribution < -0.4 is 11.1 Å². The number of hydrogen-bond acceptors (Lipinski definition) is 4. The van der Waals surface area contributed by atoms with Gasteiger partial charge in [0.2, 0.25) is 15.9 Å². The predicted octanol–water partition coefficient (Wildman–Crippen LogP) is 1.28. The summed E-state index contributed by atoms with van der Waals surface area (Å²) in [4.78, 5) is 11.6. The van der Waals surface area contributed by atoms with Gasteiger partial charge >= 0.3 is 0 Å². The number of sulfonamides is 1. The van der Waals surface area contributed by atoms with E-state index in [2.05, 4.69) is 5.32 Å². The largest absolute Gasteiger partial charge is 0.366 e. The van der Waals surface area contributed by atoms with Crippen molar-refractivity contribution in [3.63, 3.8) is 0 Å². The number of aryl methyl sites for hydroxylation is 1. The third-order valence-electron chi connectivity index (χ3n) is 3.97. The molecule has 1 heterocycles. The van der Waals surface area contributed by atoms with Gasteiger partial charge < -0.3 is 11.1 Å². The van der Waals surface area contributed by atoms with Gasteiger partial charge in [-0.25, -0.2) is 8.42 Å². The van der Waals surface area contributed by atoms with Crippen molar-refractivity contribution in [2.24, 2.45) is 5.73 Å². The average Bonchev–Trinajstić information content (AvgIpc) is 2.98. The van der Waals surface area contributed by atoms with Crippen molar-refractivity contribution in [3.8, 4) is 0 Å². The molecule has 0 bridgehead atoms. The first-order valence-corrected chi connectivity index (χ1v) is 8.95. The van der Waals surface area contributed by atoms with E-state index in [1.54, 1.807) is 23.4 Å². The Morgan fingerprint density at radius 1 is 1.43 bits per heavy atom. The lowest BCUT2D eigenvalue weighted by Gasteiger charge is -2.27. The highest BCUT2D eigenvalue weighted by Gasteiger charge is 2.32. The molecular formula is C15H24ClN3O3S. The molecule has 6 nitrogen and oxygen atoms in total. The number of primary amides is 1. The van der Waals surface area contributed by atoms with Crippen molar-refractivity contribution >= 4 is 28.3 Å². The third-order valence-corrected chi connectivity index (χ3v) is 5.91. The van der Waals surface area contributed by atoms with E-state index in [0.29, 0.717) is 18.7 Å². The fourth-order valence-electron chi connectivity index (χ4n) is 2.77. The highest BCUT2D eigenvalue weighted by molar-refractivity contribution is 7.89. The molecule has 8 heteroatoms. The minimum absolute atomic E-state index is 0. The molecule has 0 aromatic heterocycles. The van der Waals surface area contributed by atoms with Gasteiger partial charge in [-0.05, 0) is 44.0 Å². The number of nitrogens with one attached hydrogen (secondary N) is 1. The highest BCUT2D eigenvalue weighted by atomic mass is 35.5. The molecule has 1 amide bonds. The lowest BCUT2D eigenvalue weighted by Crippen LogP contribution is -2.42. The monoisotopic (exact) mass is 361 g/mol. The van der Waals surface area contributed by atoms with Gasteiger partial charge in [0.15, 0.2) is 0 Å². The zero-order valence-electron chi connectivity index (χ0n) is 13.4. The molecule has 0 spiro atoms. The molecule has 1 unspecified atom stereocenters. The van der Waals surface area contributed by atoms with Gasteiger partial charge in [0.05, 0.1) is 4.90 Å². The van der Waals surface area contributed by atoms with Crippen LogP contribution in [-0.2, 0) is 10.0 Å². The Morgan fingerprint density at radius 3 is 2.65 bits per heavy atom. The van der Waals surface area contributed by atoms with E-state index in [-0.39, 0.29) is 28.9 Å². The van der Waals surface area contributed by atoms with Crippen LogP contribution >= 0.6 is 12.4 Å². The first-order valence-electron chi connectivity index (χ1n) is 7.51. The SMILES string of the molecule is CCCN(C1CCNC1)S(=O)(=O)c1ccc(C)c(C(N)=O)c1.Cl. The van der Waals surface area contributed by atoms with E-state index >= 15 is 0 Å². The van der Waals surface area contributed by atoms with Crippen LogP contribution in [0.2, 0.25) is 0 Å². The summed E-state index contributed by atoms with van der Waals surface area (Å²) in [5.41, 5.74) is 6.26. The van der Waals surface area contributed by atoms with Gasteiger partial charge in [-0.3, -0.25) is 4.79 Å². The van der Waals surface area contributed by atoms with E-state index in [4.69, 9.17) is 5.73 Å². The Bertz CT molecular complexity index is 658. The molecule has 0 saturated carbocycles. The minimum atomic E-state index is -3.63. The first kappa shape index (κ1) is 19.9. The summed E-state index contributed by atoms with van der Waals surface area (Å²) >= 11 is 0. The number of nitrogens with zero attached hydrogens (tertiary/aromatic N) is 1. The first-order chi connectivity index (χ1) is 10.4. The maximum Gasteiger partial charge on any atom is 0.249 e. The van der Waals surface area contributed by atoms with Gasteiger partial charge in [0.25, 0.3) is 0 Å². The summed E-state index contributed by atoms with van der Waals surface area (Å²) in [7, 11) is -3.63. The number of nitrogens with two attached hydrogens (primary N) is 1. The molecule has 1 aliphatic heterocycles. The average molecular weight is 362 g/mol. The summed E-state index contributed by atoms with van der Waals surface area (Å²) < 4.78 is 27.4. The maximum atomic E-state index is 12.9. The molecule has 1 atom stereocenters. The van der Waals surface area contributed by atoms with E-state index in [0.717, 1.165) is 19.4 Å². The Balaban J connectivity index is 0.00000264. The van der Waals surface area contributed by atoms with Crippen molar-refractivity contribution in [3.05, 3.63) is 29.3 Å². The minimum Gasteiger partial charge on any atom is -0.366 e. The van der Waals surface area contributed by atoms with E-state index in [1.165, 1.54) is 6.07 Å². The van der Waals surface area contributed by atoms with Crippen molar-refractivity contribution in [1.82, 2.24) is 9.62 Å². The third kappa shape index (κ3) is 4.23. The standard InChI is InChI=1S/C15H23N3O3S.ClH/c1-3-8-18(12-6-7-17-10-12)22(20,21)13-5-4-11(2)14(9-13)15(16)19;/h4-5,9,12,17H,3,6-8,10H2,1-2H3,(H2,16,19);1H. The molecule has 1 aromatic rings. The number of rotatable bonds is 6. The lowest BCUT2D eigenvalue weighted by atomic mass is 10.1. The number of carbonyl (C=O) groups is 1. The molecular weight excluding hydrogens is 338 g/mol. The molecule has 1 aliphatic rings. The summed E-state index contributed by atoms with van der Waals surface area (Å²) in [5, 5.41) is 3.19. The van der Waals surface area contributed by atoms with Gasteiger partial charge in [0.1, 0.15) is 0 Å². The number of halogens is 1. The molecule has 1 aromatic carbocycles. The summed E-state index contributed by atoms with van der Waals surface area (Å²) in [6.45, 7) is 5.64. The maximum absolute atomic E-state index is 12.9. The van der Waals surface area contributed by atoms with Crippen molar-refractivity contribution in [1.29, 1.82) is 0 Å². The van der Waals surface area contributed by atoms with Crippen molar-refractivity contribution in [2.45, 2.75) is 37.6 Å². The van der Waals surface area contributed by atoms with Gasteiger partial charge in [-0.15, -0.1) is 12.4 Å². The second-order valence-electron chi connectivity index (χ2n) is 5.60. The summed E-state index contributed by atoms with van der Waals surface area (Å²) in [6, 6.07) is 4.52. The Labute approximate surface area is 143 Å². The second kappa shape index (κ2) is 8.10. The van der Waals surface area contributed by atoms with Crippen LogP contribution in [0.5, 0.6) is 0 Å². The van der Waals surface area contributed by atoms with Crippen LogP contribution in [0.1, 0.15) is 35.7 Å². The molecule has 2 rings (SSSR count). The Morgan fingerprint density at radius 2 is 2.13 bits per heavy atom. The van der Waals surface area contributed by atoms with Crippen LogP contribution in [-0.4, -0.2) is 44.3 Å². The topological polar surface area (TPSA) is 92.5 Å². The molecule has 3 N–H and O–H groups in total. The predicted molar refractivity (Wildman–Crippen MR) is 92.4 cm³/mol. The molecule has 23 heavy (non-hydrogen) atoms. The molecule has 1 fully saturated rings. The normalized spacial score (nSPS) is 18.0. The number of carbonyl (C=O) groups excluding carboxylic acids is 1. The lowest BCUT2D eigenvalue weighted by molar-refractivity contribution is 0.0999. The van der Waals surface area contributed by atoms with E-state index in [1.807, 2.05) is 6.92 Å². The highest BCUT2D eigenvalue weighted by Crippen LogP contribution is 2.23. The van der Waals surface area contributed by atoms with Crippen molar-refractivity contribution < 1.29 is 13.2 Å². The Hall–Kier alpha value is -1.15. The Kier molecular flexibility index (Phi) is 7.01. The molecule has 0 radical (unpaired) electrons. The van der Waals surface area contributed by atoms with Crippen LogP contribution in [0.4, 0.5) is 0 Å².